The van der Waals surface area contributed by atoms with Crippen molar-refractivity contribution in [2.45, 2.75) is 44.6 Å². The quantitative estimate of drug-likeness (QED) is 0.842. The zero-order chi connectivity index (χ0) is 13.1. The Morgan fingerprint density at radius 3 is 2.47 bits per heavy atom. The number of sulfonamides is 1. The Bertz CT molecular complexity index is 451. The molecule has 5 nitrogen and oxygen atoms in total. The minimum absolute atomic E-state index is 0.0531. The summed E-state index contributed by atoms with van der Waals surface area (Å²) >= 11 is 0. The van der Waals surface area contributed by atoms with Crippen LogP contribution in [0.25, 0.3) is 0 Å². The molecule has 1 atom stereocenters. The van der Waals surface area contributed by atoms with E-state index in [1.807, 2.05) is 6.92 Å². The van der Waals surface area contributed by atoms with Crippen LogP contribution in [0.15, 0.2) is 17.3 Å². The molecule has 98 valence electrons. The minimum Gasteiger partial charge on any atom is -0.274 e. The van der Waals surface area contributed by atoms with Gasteiger partial charge in [-0.05, 0) is 25.7 Å². The number of aromatic nitrogens is 2. The molecule has 1 aromatic rings. The van der Waals surface area contributed by atoms with Crippen molar-refractivity contribution in [2.24, 2.45) is 13.0 Å². The Kier molecular flexibility index (Phi) is 4.70. The molecule has 1 aromatic heterocycles. The molecule has 0 aliphatic carbocycles. The third-order valence-corrected chi connectivity index (χ3v) is 4.07. The van der Waals surface area contributed by atoms with Crippen molar-refractivity contribution in [1.82, 2.24) is 14.5 Å². The molecule has 6 heteroatoms. The van der Waals surface area contributed by atoms with Crippen LogP contribution in [0.2, 0.25) is 0 Å². The summed E-state index contributed by atoms with van der Waals surface area (Å²) in [5.41, 5.74) is 0. The Morgan fingerprint density at radius 1 is 1.35 bits per heavy atom. The average molecular weight is 259 g/mol. The molecule has 0 radical (unpaired) electrons. The molecule has 0 fully saturated rings. The second-order valence-electron chi connectivity index (χ2n) is 4.84. The molecule has 0 aromatic carbocycles. The molecule has 0 spiro atoms. The van der Waals surface area contributed by atoms with Gasteiger partial charge in [-0.3, -0.25) is 4.68 Å². The van der Waals surface area contributed by atoms with Crippen molar-refractivity contribution in [2.75, 3.05) is 0 Å². The molecule has 0 amide bonds. The van der Waals surface area contributed by atoms with Gasteiger partial charge in [-0.25, -0.2) is 13.1 Å². The van der Waals surface area contributed by atoms with E-state index in [0.29, 0.717) is 5.92 Å². The van der Waals surface area contributed by atoms with Crippen LogP contribution >= 0.6 is 0 Å². The molecular formula is C11H21N3O2S. The second-order valence-corrected chi connectivity index (χ2v) is 6.56. The van der Waals surface area contributed by atoms with Crippen molar-refractivity contribution >= 4 is 10.0 Å². The van der Waals surface area contributed by atoms with E-state index in [1.165, 1.54) is 17.1 Å². The molecule has 1 N–H and O–H groups in total. The Balaban J connectivity index is 2.61. The lowest BCUT2D eigenvalue weighted by Gasteiger charge is -2.14. The fourth-order valence-corrected chi connectivity index (χ4v) is 2.77. The summed E-state index contributed by atoms with van der Waals surface area (Å²) in [6, 6.07) is -0.0531. The zero-order valence-corrected chi connectivity index (χ0v) is 11.7. The molecule has 17 heavy (non-hydrogen) atoms. The highest BCUT2D eigenvalue weighted by molar-refractivity contribution is 7.89. The van der Waals surface area contributed by atoms with Gasteiger partial charge in [0.25, 0.3) is 0 Å². The van der Waals surface area contributed by atoms with Gasteiger partial charge < -0.3 is 0 Å². The van der Waals surface area contributed by atoms with Crippen LogP contribution < -0.4 is 4.72 Å². The normalized spacial score (nSPS) is 14.2. The van der Waals surface area contributed by atoms with Gasteiger partial charge in [-0.2, -0.15) is 5.10 Å². The number of nitrogens with one attached hydrogen (secondary N) is 1. The predicted octanol–water partition coefficient (Wildman–Crippen LogP) is 1.52. The van der Waals surface area contributed by atoms with Gasteiger partial charge in [0.15, 0.2) is 0 Å². The first kappa shape index (κ1) is 14.2. The van der Waals surface area contributed by atoms with E-state index in [2.05, 4.69) is 23.7 Å². The number of aryl methyl sites for hydroxylation is 1. The van der Waals surface area contributed by atoms with Gasteiger partial charge in [0, 0.05) is 19.3 Å². The topological polar surface area (TPSA) is 64.0 Å². The maximum atomic E-state index is 11.9. The van der Waals surface area contributed by atoms with Gasteiger partial charge in [-0.1, -0.05) is 13.8 Å². The summed E-state index contributed by atoms with van der Waals surface area (Å²) in [6.07, 6.45) is 4.71. The average Bonchev–Trinajstić information content (AvgIpc) is 2.62. The number of nitrogens with zero attached hydrogens (tertiary/aromatic N) is 2. The summed E-state index contributed by atoms with van der Waals surface area (Å²) in [4.78, 5) is 0.219. The van der Waals surface area contributed by atoms with Crippen LogP contribution in [0.3, 0.4) is 0 Å². The van der Waals surface area contributed by atoms with E-state index < -0.39 is 10.0 Å². The maximum absolute atomic E-state index is 11.9. The molecule has 0 bridgehead atoms. The van der Waals surface area contributed by atoms with Crippen molar-refractivity contribution < 1.29 is 8.42 Å². The molecule has 0 aliphatic heterocycles. The van der Waals surface area contributed by atoms with Crippen LogP contribution in [0, 0.1) is 5.92 Å². The fraction of sp³-hybridized carbons (Fsp3) is 0.727. The number of hydrogen-bond donors (Lipinski definition) is 1. The highest BCUT2D eigenvalue weighted by Gasteiger charge is 2.18. The molecule has 1 rings (SSSR count). The van der Waals surface area contributed by atoms with Crippen LogP contribution in [0.4, 0.5) is 0 Å². The standard InChI is InChI=1S/C11H21N3O2S/c1-9(2)5-6-10(3)13-17(15,16)11-7-12-14(4)8-11/h7-10,13H,5-6H2,1-4H3. The van der Waals surface area contributed by atoms with Crippen molar-refractivity contribution in [3.63, 3.8) is 0 Å². The van der Waals surface area contributed by atoms with Gasteiger partial charge in [0.1, 0.15) is 4.90 Å². The summed E-state index contributed by atoms with van der Waals surface area (Å²) in [7, 11) is -1.72. The fourth-order valence-electron chi connectivity index (χ4n) is 1.51. The SMILES string of the molecule is CC(C)CCC(C)NS(=O)(=O)c1cnn(C)c1. The highest BCUT2D eigenvalue weighted by atomic mass is 32.2. The van der Waals surface area contributed by atoms with Gasteiger partial charge in [0.05, 0.1) is 6.20 Å². The monoisotopic (exact) mass is 259 g/mol. The number of rotatable bonds is 6. The molecule has 1 unspecified atom stereocenters. The van der Waals surface area contributed by atoms with E-state index in [9.17, 15) is 8.42 Å². The third kappa shape index (κ3) is 4.47. The van der Waals surface area contributed by atoms with Gasteiger partial charge in [0.2, 0.25) is 10.0 Å². The lowest BCUT2D eigenvalue weighted by molar-refractivity contribution is 0.485. The van der Waals surface area contributed by atoms with Crippen molar-refractivity contribution in [3.05, 3.63) is 12.4 Å². The smallest absolute Gasteiger partial charge is 0.243 e. The summed E-state index contributed by atoms with van der Waals surface area (Å²) in [5, 5.41) is 3.86. The minimum atomic E-state index is -3.42. The first-order valence-corrected chi connectivity index (χ1v) is 7.30. The Hall–Kier alpha value is -0.880. The molecule has 0 saturated carbocycles. The largest absolute Gasteiger partial charge is 0.274 e. The molecule has 0 aliphatic rings. The lowest BCUT2D eigenvalue weighted by Crippen LogP contribution is -2.32. The van der Waals surface area contributed by atoms with Crippen molar-refractivity contribution in [3.8, 4) is 0 Å². The summed E-state index contributed by atoms with van der Waals surface area (Å²) < 4.78 is 28.0. The Morgan fingerprint density at radius 2 is 2.00 bits per heavy atom. The van der Waals surface area contributed by atoms with E-state index in [-0.39, 0.29) is 10.9 Å². The van der Waals surface area contributed by atoms with E-state index in [4.69, 9.17) is 0 Å². The third-order valence-electron chi connectivity index (χ3n) is 2.52. The first-order valence-electron chi connectivity index (χ1n) is 5.82. The molecule has 0 saturated heterocycles. The predicted molar refractivity (Wildman–Crippen MR) is 67.1 cm³/mol. The Labute approximate surface area is 103 Å². The zero-order valence-electron chi connectivity index (χ0n) is 10.8. The first-order chi connectivity index (χ1) is 7.81. The maximum Gasteiger partial charge on any atom is 0.243 e. The van der Waals surface area contributed by atoms with Crippen molar-refractivity contribution in [1.29, 1.82) is 0 Å². The van der Waals surface area contributed by atoms with Crippen LogP contribution in [0.5, 0.6) is 0 Å². The van der Waals surface area contributed by atoms with E-state index in [0.717, 1.165) is 12.8 Å². The van der Waals surface area contributed by atoms with Gasteiger partial charge in [-0.15, -0.1) is 0 Å². The van der Waals surface area contributed by atoms with Crippen LogP contribution in [-0.2, 0) is 17.1 Å². The second kappa shape index (κ2) is 5.64. The van der Waals surface area contributed by atoms with Crippen LogP contribution in [0.1, 0.15) is 33.6 Å². The van der Waals surface area contributed by atoms with E-state index >= 15 is 0 Å². The van der Waals surface area contributed by atoms with E-state index in [1.54, 1.807) is 7.05 Å². The summed E-state index contributed by atoms with van der Waals surface area (Å²) in [6.45, 7) is 6.14. The van der Waals surface area contributed by atoms with Crippen LogP contribution in [-0.4, -0.2) is 24.2 Å². The molecule has 1 heterocycles. The summed E-state index contributed by atoms with van der Waals surface area (Å²) in [5.74, 6) is 0.584. The van der Waals surface area contributed by atoms with Gasteiger partial charge >= 0.3 is 0 Å². The lowest BCUT2D eigenvalue weighted by atomic mass is 10.1. The highest BCUT2D eigenvalue weighted by Crippen LogP contribution is 2.11. The molecular weight excluding hydrogens is 238 g/mol. The number of hydrogen-bond acceptors (Lipinski definition) is 3.